The molecule has 0 heterocycles. The zero-order chi connectivity index (χ0) is 15.9. The number of nitrogens with one attached hydrogen (secondary N) is 1. The predicted molar refractivity (Wildman–Crippen MR) is 90.9 cm³/mol. The maximum absolute atomic E-state index is 12.3. The molecule has 0 saturated carbocycles. The molecule has 0 aliphatic rings. The fourth-order valence-electron chi connectivity index (χ4n) is 2.09. The third-order valence-corrected chi connectivity index (χ3v) is 3.67. The van der Waals surface area contributed by atoms with Gasteiger partial charge < -0.3 is 10.2 Å². The second kappa shape index (κ2) is 7.75. The maximum Gasteiger partial charge on any atom is 0.251 e. The van der Waals surface area contributed by atoms with Crippen molar-refractivity contribution >= 4 is 33.4 Å². The van der Waals surface area contributed by atoms with Gasteiger partial charge in [-0.05, 0) is 37.3 Å². The first-order valence-electron chi connectivity index (χ1n) is 7.01. The first kappa shape index (κ1) is 16.2. The van der Waals surface area contributed by atoms with Crippen LogP contribution in [0.5, 0.6) is 0 Å². The molecule has 0 bridgehead atoms. The molecule has 0 fully saturated rings. The van der Waals surface area contributed by atoms with Crippen molar-refractivity contribution in [2.45, 2.75) is 6.92 Å². The molecule has 0 aliphatic carbocycles. The summed E-state index contributed by atoms with van der Waals surface area (Å²) in [5, 5.41) is 2.66. The van der Waals surface area contributed by atoms with Gasteiger partial charge in [0.15, 0.2) is 0 Å². The molecule has 0 saturated heterocycles. The monoisotopic (exact) mass is 360 g/mol. The summed E-state index contributed by atoms with van der Waals surface area (Å²) in [7, 11) is 0. The van der Waals surface area contributed by atoms with Gasteiger partial charge >= 0.3 is 0 Å². The Hall–Kier alpha value is -2.14. The predicted octanol–water partition coefficient (Wildman–Crippen LogP) is 3.23. The number of likely N-dealkylation sites (N-methyl/N-ethyl adjacent to an activating group) is 1. The maximum atomic E-state index is 12.3. The van der Waals surface area contributed by atoms with E-state index in [1.54, 1.807) is 23.1 Å². The number of para-hydroxylation sites is 1. The number of carbonyl (C=O) groups is 2. The molecule has 4 nitrogen and oxygen atoms in total. The highest BCUT2D eigenvalue weighted by Gasteiger charge is 2.15. The van der Waals surface area contributed by atoms with Crippen LogP contribution in [0.25, 0.3) is 0 Å². The van der Waals surface area contributed by atoms with E-state index in [1.165, 1.54) is 0 Å². The van der Waals surface area contributed by atoms with Gasteiger partial charge in [0.2, 0.25) is 5.91 Å². The van der Waals surface area contributed by atoms with Crippen LogP contribution in [0.15, 0.2) is 59.1 Å². The van der Waals surface area contributed by atoms with E-state index in [2.05, 4.69) is 21.2 Å². The molecule has 5 heteroatoms. The molecule has 2 aromatic carbocycles. The van der Waals surface area contributed by atoms with E-state index in [0.717, 1.165) is 10.2 Å². The Bertz CT molecular complexity index is 659. The van der Waals surface area contributed by atoms with Crippen molar-refractivity contribution in [3.63, 3.8) is 0 Å². The van der Waals surface area contributed by atoms with Crippen LogP contribution in [-0.2, 0) is 4.79 Å². The van der Waals surface area contributed by atoms with E-state index in [-0.39, 0.29) is 18.4 Å². The molecule has 0 aliphatic heterocycles. The van der Waals surface area contributed by atoms with Crippen molar-refractivity contribution in [1.82, 2.24) is 5.32 Å². The van der Waals surface area contributed by atoms with Gasteiger partial charge in [-0.2, -0.15) is 0 Å². The third-order valence-electron chi connectivity index (χ3n) is 3.17. The number of anilines is 1. The highest BCUT2D eigenvalue weighted by atomic mass is 79.9. The number of benzene rings is 2. The average Bonchev–Trinajstić information content (AvgIpc) is 2.54. The minimum absolute atomic E-state index is 0.0336. The number of carbonyl (C=O) groups excluding carboxylic acids is 2. The van der Waals surface area contributed by atoms with Crippen LogP contribution in [0.3, 0.4) is 0 Å². The van der Waals surface area contributed by atoms with Crippen molar-refractivity contribution in [2.24, 2.45) is 0 Å². The Morgan fingerprint density at radius 3 is 2.45 bits per heavy atom. The van der Waals surface area contributed by atoms with Crippen molar-refractivity contribution in [1.29, 1.82) is 0 Å². The van der Waals surface area contributed by atoms with Crippen molar-refractivity contribution in [2.75, 3.05) is 18.0 Å². The number of hydrogen-bond acceptors (Lipinski definition) is 2. The van der Waals surface area contributed by atoms with Crippen molar-refractivity contribution < 1.29 is 9.59 Å². The summed E-state index contributed by atoms with van der Waals surface area (Å²) in [6, 6.07) is 16.5. The lowest BCUT2D eigenvalue weighted by Gasteiger charge is -2.21. The SMILES string of the molecule is CCN(C(=O)CNC(=O)c1cccc(Br)c1)c1ccccc1. The standard InChI is InChI=1S/C17H17BrN2O2/c1-2-20(15-9-4-3-5-10-15)16(21)12-19-17(22)13-7-6-8-14(18)11-13/h3-11H,2,12H2,1H3,(H,19,22). The Labute approximate surface area is 138 Å². The first-order valence-corrected chi connectivity index (χ1v) is 7.80. The Morgan fingerprint density at radius 1 is 1.09 bits per heavy atom. The molecule has 2 aromatic rings. The lowest BCUT2D eigenvalue weighted by molar-refractivity contribution is -0.117. The molecule has 0 radical (unpaired) electrons. The topological polar surface area (TPSA) is 49.4 Å². The van der Waals surface area contributed by atoms with E-state index in [0.29, 0.717) is 12.1 Å². The Kier molecular flexibility index (Phi) is 5.72. The van der Waals surface area contributed by atoms with Gasteiger partial charge in [-0.15, -0.1) is 0 Å². The summed E-state index contributed by atoms with van der Waals surface area (Å²) >= 11 is 3.32. The molecular weight excluding hydrogens is 344 g/mol. The number of nitrogens with zero attached hydrogens (tertiary/aromatic N) is 1. The van der Waals surface area contributed by atoms with Crippen LogP contribution in [0.4, 0.5) is 5.69 Å². The number of hydrogen-bond donors (Lipinski definition) is 1. The Balaban J connectivity index is 1.98. The van der Waals surface area contributed by atoms with Crippen LogP contribution >= 0.6 is 15.9 Å². The van der Waals surface area contributed by atoms with Crippen LogP contribution < -0.4 is 10.2 Å². The van der Waals surface area contributed by atoms with E-state index >= 15 is 0 Å². The number of halogens is 1. The van der Waals surface area contributed by atoms with Gasteiger partial charge in [0.25, 0.3) is 5.91 Å². The minimum Gasteiger partial charge on any atom is -0.343 e. The van der Waals surface area contributed by atoms with Crippen LogP contribution in [0, 0.1) is 0 Å². The zero-order valence-corrected chi connectivity index (χ0v) is 13.8. The lowest BCUT2D eigenvalue weighted by atomic mass is 10.2. The van der Waals surface area contributed by atoms with Crippen molar-refractivity contribution in [3.8, 4) is 0 Å². The fraction of sp³-hybridized carbons (Fsp3) is 0.176. The fourth-order valence-corrected chi connectivity index (χ4v) is 2.49. The van der Waals surface area contributed by atoms with Gasteiger partial charge in [0.05, 0.1) is 6.54 Å². The third kappa shape index (κ3) is 4.18. The van der Waals surface area contributed by atoms with Crippen LogP contribution in [0.2, 0.25) is 0 Å². The highest BCUT2D eigenvalue weighted by Crippen LogP contribution is 2.13. The molecule has 1 N–H and O–H groups in total. The molecular formula is C17H17BrN2O2. The second-order valence-electron chi connectivity index (χ2n) is 4.67. The quantitative estimate of drug-likeness (QED) is 0.889. The summed E-state index contributed by atoms with van der Waals surface area (Å²) in [5.41, 5.74) is 1.34. The summed E-state index contributed by atoms with van der Waals surface area (Å²) in [6.07, 6.45) is 0. The number of rotatable bonds is 5. The molecule has 2 rings (SSSR count). The largest absolute Gasteiger partial charge is 0.343 e. The molecule has 114 valence electrons. The molecule has 2 amide bonds. The minimum atomic E-state index is -0.265. The second-order valence-corrected chi connectivity index (χ2v) is 5.58. The zero-order valence-electron chi connectivity index (χ0n) is 12.3. The van der Waals surface area contributed by atoms with Gasteiger partial charge in [-0.3, -0.25) is 9.59 Å². The van der Waals surface area contributed by atoms with Gasteiger partial charge in [0.1, 0.15) is 0 Å². The smallest absolute Gasteiger partial charge is 0.251 e. The summed E-state index contributed by atoms with van der Waals surface area (Å²) in [4.78, 5) is 26.0. The van der Waals surface area contributed by atoms with Gasteiger partial charge in [0, 0.05) is 22.3 Å². The Morgan fingerprint density at radius 2 is 1.82 bits per heavy atom. The first-order chi connectivity index (χ1) is 10.6. The van der Waals surface area contributed by atoms with Crippen LogP contribution in [-0.4, -0.2) is 24.9 Å². The van der Waals surface area contributed by atoms with Gasteiger partial charge in [-0.1, -0.05) is 40.2 Å². The molecule has 0 aromatic heterocycles. The molecule has 0 spiro atoms. The average molecular weight is 361 g/mol. The lowest BCUT2D eigenvalue weighted by Crippen LogP contribution is -2.40. The van der Waals surface area contributed by atoms with E-state index < -0.39 is 0 Å². The van der Waals surface area contributed by atoms with E-state index in [1.807, 2.05) is 43.3 Å². The van der Waals surface area contributed by atoms with Crippen molar-refractivity contribution in [3.05, 3.63) is 64.6 Å². The molecule has 0 unspecified atom stereocenters. The summed E-state index contributed by atoms with van der Waals surface area (Å²) in [6.45, 7) is 2.42. The van der Waals surface area contributed by atoms with Gasteiger partial charge in [-0.25, -0.2) is 0 Å². The highest BCUT2D eigenvalue weighted by molar-refractivity contribution is 9.10. The van der Waals surface area contributed by atoms with Crippen LogP contribution in [0.1, 0.15) is 17.3 Å². The summed E-state index contributed by atoms with van der Waals surface area (Å²) in [5.74, 6) is -0.407. The summed E-state index contributed by atoms with van der Waals surface area (Å²) < 4.78 is 0.825. The van der Waals surface area contributed by atoms with E-state index in [4.69, 9.17) is 0 Å². The molecule has 22 heavy (non-hydrogen) atoms. The normalized spacial score (nSPS) is 10.1. The molecule has 0 atom stereocenters. The number of amides is 2. The van der Waals surface area contributed by atoms with E-state index in [9.17, 15) is 9.59 Å².